The quantitative estimate of drug-likeness (QED) is 0.573. The van der Waals surface area contributed by atoms with Crippen molar-refractivity contribution in [3.05, 3.63) is 52.0 Å². The molecular weight excluding hydrogens is 263 g/mol. The molecule has 0 saturated heterocycles. The van der Waals surface area contributed by atoms with Crippen LogP contribution < -0.4 is 5.46 Å². The summed E-state index contributed by atoms with van der Waals surface area (Å²) in [6, 6.07) is 11.2. The first-order chi connectivity index (χ1) is 7.66. The second kappa shape index (κ2) is 3.32. The zero-order valence-corrected chi connectivity index (χ0v) is 9.91. The third-order valence-electron chi connectivity index (χ3n) is 2.80. The average Bonchev–Trinajstić information content (AvgIpc) is 2.53. The lowest BCUT2D eigenvalue weighted by Gasteiger charge is -2.00. The number of carbonyl (C=O) groups excluding carboxylic acids is 1. The third-order valence-corrected chi connectivity index (χ3v) is 3.30. The molecule has 1 nitrogen and oxygen atoms in total. The number of hydrogen-bond donors (Lipinski definition) is 0. The first kappa shape index (κ1) is 9.85. The molecule has 0 fully saturated rings. The lowest BCUT2D eigenvalue weighted by molar-refractivity contribution is 0.104. The maximum absolute atomic E-state index is 12.1. The molecule has 0 amide bonds. The summed E-state index contributed by atoms with van der Waals surface area (Å²) in [7, 11) is 5.70. The minimum Gasteiger partial charge on any atom is -0.289 e. The lowest BCUT2D eigenvalue weighted by atomic mass is 9.92. The van der Waals surface area contributed by atoms with Gasteiger partial charge >= 0.3 is 0 Å². The summed E-state index contributed by atoms with van der Waals surface area (Å²) in [5.74, 6) is 0.0543. The second-order valence-electron chi connectivity index (χ2n) is 3.82. The molecule has 0 heterocycles. The van der Waals surface area contributed by atoms with Gasteiger partial charge in [0.05, 0.1) is 0 Å². The number of halogens is 1. The first-order valence-electron chi connectivity index (χ1n) is 4.91. The van der Waals surface area contributed by atoms with Crippen LogP contribution in [0.5, 0.6) is 0 Å². The van der Waals surface area contributed by atoms with Crippen molar-refractivity contribution in [2.75, 3.05) is 0 Å². The molecule has 74 valence electrons. The van der Waals surface area contributed by atoms with E-state index in [2.05, 4.69) is 15.9 Å². The van der Waals surface area contributed by atoms with Gasteiger partial charge < -0.3 is 0 Å². The van der Waals surface area contributed by atoms with Gasteiger partial charge in [0.25, 0.3) is 0 Å². The Morgan fingerprint density at radius 3 is 2.25 bits per heavy atom. The van der Waals surface area contributed by atoms with Gasteiger partial charge in [-0.1, -0.05) is 45.7 Å². The van der Waals surface area contributed by atoms with Crippen LogP contribution >= 0.6 is 15.9 Å². The molecule has 0 unspecified atom stereocenters. The Morgan fingerprint density at radius 2 is 1.50 bits per heavy atom. The van der Waals surface area contributed by atoms with Crippen molar-refractivity contribution < 1.29 is 4.79 Å². The summed E-state index contributed by atoms with van der Waals surface area (Å²) >= 11 is 3.37. The fourth-order valence-corrected chi connectivity index (χ4v) is 2.43. The molecule has 0 bridgehead atoms. The van der Waals surface area contributed by atoms with Crippen molar-refractivity contribution in [1.29, 1.82) is 0 Å². The minimum atomic E-state index is 0.0543. The minimum absolute atomic E-state index is 0.0543. The van der Waals surface area contributed by atoms with Crippen molar-refractivity contribution >= 4 is 35.0 Å². The van der Waals surface area contributed by atoms with Crippen LogP contribution in [0.4, 0.5) is 0 Å². The van der Waals surface area contributed by atoms with Gasteiger partial charge in [-0.15, -0.1) is 0 Å². The largest absolute Gasteiger partial charge is 0.289 e. The predicted molar refractivity (Wildman–Crippen MR) is 68.4 cm³/mol. The van der Waals surface area contributed by atoms with Crippen molar-refractivity contribution in [1.82, 2.24) is 0 Å². The molecular formula is C13H6BBrO. The van der Waals surface area contributed by atoms with Crippen LogP contribution in [-0.2, 0) is 0 Å². The Bertz CT molecular complexity index is 566. The Labute approximate surface area is 103 Å². The zero-order chi connectivity index (χ0) is 11.3. The SMILES string of the molecule is [B]c1ccc2c(c1)C(=O)c1cc(Br)ccc1-2. The van der Waals surface area contributed by atoms with E-state index in [0.29, 0.717) is 11.0 Å². The standard InChI is InChI=1S/C13H6BBrO/c14-7-1-3-9-10-4-2-8(15)6-12(10)13(16)11(9)5-7/h1-6H. The van der Waals surface area contributed by atoms with Crippen LogP contribution in [0.2, 0.25) is 0 Å². The molecule has 16 heavy (non-hydrogen) atoms. The van der Waals surface area contributed by atoms with E-state index in [0.717, 1.165) is 21.2 Å². The monoisotopic (exact) mass is 268 g/mol. The zero-order valence-electron chi connectivity index (χ0n) is 8.33. The lowest BCUT2D eigenvalue weighted by Crippen LogP contribution is -2.05. The molecule has 0 aliphatic heterocycles. The van der Waals surface area contributed by atoms with Gasteiger partial charge in [-0.2, -0.15) is 0 Å². The highest BCUT2D eigenvalue weighted by Crippen LogP contribution is 2.37. The number of ketones is 1. The van der Waals surface area contributed by atoms with Gasteiger partial charge in [-0.05, 0) is 23.3 Å². The molecule has 2 radical (unpaired) electrons. The first-order valence-corrected chi connectivity index (χ1v) is 5.70. The molecule has 0 atom stereocenters. The fraction of sp³-hybridized carbons (Fsp3) is 0. The summed E-state index contributed by atoms with van der Waals surface area (Å²) in [6.45, 7) is 0. The molecule has 2 aromatic rings. The third kappa shape index (κ3) is 1.28. The molecule has 0 saturated carbocycles. The fourth-order valence-electron chi connectivity index (χ4n) is 2.07. The second-order valence-corrected chi connectivity index (χ2v) is 4.74. The highest BCUT2D eigenvalue weighted by molar-refractivity contribution is 9.10. The molecule has 3 heteroatoms. The highest BCUT2D eigenvalue weighted by atomic mass is 79.9. The van der Waals surface area contributed by atoms with E-state index in [1.165, 1.54) is 0 Å². The summed E-state index contributed by atoms with van der Waals surface area (Å²) in [5, 5.41) is 0. The van der Waals surface area contributed by atoms with Crippen LogP contribution in [0, 0.1) is 0 Å². The van der Waals surface area contributed by atoms with Crippen LogP contribution in [0.1, 0.15) is 15.9 Å². The van der Waals surface area contributed by atoms with Gasteiger partial charge in [0.15, 0.2) is 5.78 Å². The summed E-state index contributed by atoms with van der Waals surface area (Å²) < 4.78 is 0.917. The normalized spacial score (nSPS) is 12.4. The van der Waals surface area contributed by atoms with Crippen molar-refractivity contribution in [3.8, 4) is 11.1 Å². The maximum atomic E-state index is 12.1. The smallest absolute Gasteiger partial charge is 0.194 e. The van der Waals surface area contributed by atoms with Crippen LogP contribution in [0.3, 0.4) is 0 Å². The average molecular weight is 269 g/mol. The van der Waals surface area contributed by atoms with E-state index >= 15 is 0 Å². The Balaban J connectivity index is 2.34. The number of carbonyl (C=O) groups is 1. The topological polar surface area (TPSA) is 17.1 Å². The number of fused-ring (bicyclic) bond motifs is 3. The predicted octanol–water partition coefficient (Wildman–Crippen LogP) is 2.45. The molecule has 0 aromatic heterocycles. The van der Waals surface area contributed by atoms with E-state index in [4.69, 9.17) is 7.85 Å². The number of rotatable bonds is 0. The van der Waals surface area contributed by atoms with Crippen LogP contribution in [-0.4, -0.2) is 13.6 Å². The van der Waals surface area contributed by atoms with Gasteiger partial charge in [0, 0.05) is 15.6 Å². The van der Waals surface area contributed by atoms with Crippen LogP contribution in [0.25, 0.3) is 11.1 Å². The molecule has 3 rings (SSSR count). The summed E-state index contributed by atoms with van der Waals surface area (Å²) in [6.07, 6.45) is 0. The molecule has 1 aliphatic rings. The number of hydrogen-bond acceptors (Lipinski definition) is 1. The molecule has 0 spiro atoms. The Kier molecular flexibility index (Phi) is 2.05. The number of benzene rings is 2. The van der Waals surface area contributed by atoms with E-state index in [9.17, 15) is 4.79 Å². The van der Waals surface area contributed by atoms with Crippen LogP contribution in [0.15, 0.2) is 40.9 Å². The summed E-state index contributed by atoms with van der Waals surface area (Å²) in [4.78, 5) is 12.1. The van der Waals surface area contributed by atoms with Crippen molar-refractivity contribution in [3.63, 3.8) is 0 Å². The van der Waals surface area contributed by atoms with E-state index in [1.807, 2.05) is 30.3 Å². The Morgan fingerprint density at radius 1 is 0.875 bits per heavy atom. The molecule has 2 aromatic carbocycles. The van der Waals surface area contributed by atoms with Gasteiger partial charge in [0.1, 0.15) is 7.85 Å². The van der Waals surface area contributed by atoms with Gasteiger partial charge in [-0.25, -0.2) is 0 Å². The Hall–Kier alpha value is -1.35. The van der Waals surface area contributed by atoms with Gasteiger partial charge in [0.2, 0.25) is 0 Å². The molecule has 1 aliphatic carbocycles. The molecule has 0 N–H and O–H groups in total. The van der Waals surface area contributed by atoms with E-state index < -0.39 is 0 Å². The maximum Gasteiger partial charge on any atom is 0.194 e. The van der Waals surface area contributed by atoms with E-state index in [1.54, 1.807) is 6.07 Å². The van der Waals surface area contributed by atoms with Crippen molar-refractivity contribution in [2.45, 2.75) is 0 Å². The summed E-state index contributed by atoms with van der Waals surface area (Å²) in [5.41, 5.74) is 4.03. The van der Waals surface area contributed by atoms with E-state index in [-0.39, 0.29) is 5.78 Å². The van der Waals surface area contributed by atoms with Crippen molar-refractivity contribution in [2.24, 2.45) is 0 Å². The highest BCUT2D eigenvalue weighted by Gasteiger charge is 2.26. The van der Waals surface area contributed by atoms with Gasteiger partial charge in [-0.3, -0.25) is 4.79 Å².